The van der Waals surface area contributed by atoms with E-state index < -0.39 is 17.6 Å². The first-order chi connectivity index (χ1) is 9.43. The number of carbonyl (C=O) groups is 1. The molecule has 4 nitrogen and oxygen atoms in total. The number of hydrogen-bond donors (Lipinski definition) is 1. The number of aromatic amines is 1. The first kappa shape index (κ1) is 14.6. The van der Waals surface area contributed by atoms with Crippen molar-refractivity contribution in [3.05, 3.63) is 39.6 Å². The number of aromatic nitrogens is 2. The van der Waals surface area contributed by atoms with Crippen molar-refractivity contribution in [1.82, 2.24) is 9.97 Å². The maximum absolute atomic E-state index is 13.8. The summed E-state index contributed by atoms with van der Waals surface area (Å²) in [4.78, 5) is 18.3. The zero-order chi connectivity index (χ0) is 14.9. The van der Waals surface area contributed by atoms with Crippen molar-refractivity contribution in [3.63, 3.8) is 0 Å². The SMILES string of the molecule is CCOC(=O)c1nc(-c2c(F)cc(Br)cc2F)[nH]c1C. The molecular formula is C13H11BrF2N2O2. The summed E-state index contributed by atoms with van der Waals surface area (Å²) in [6, 6.07) is 2.25. The Labute approximate surface area is 122 Å². The van der Waals surface area contributed by atoms with Crippen molar-refractivity contribution in [2.24, 2.45) is 0 Å². The van der Waals surface area contributed by atoms with Crippen molar-refractivity contribution < 1.29 is 18.3 Å². The minimum atomic E-state index is -0.777. The van der Waals surface area contributed by atoms with Crippen molar-refractivity contribution in [2.75, 3.05) is 6.61 Å². The quantitative estimate of drug-likeness (QED) is 0.865. The lowest BCUT2D eigenvalue weighted by Gasteiger charge is -2.02. The van der Waals surface area contributed by atoms with E-state index in [2.05, 4.69) is 25.9 Å². The predicted molar refractivity (Wildman–Crippen MR) is 72.3 cm³/mol. The molecule has 0 bridgehead atoms. The monoisotopic (exact) mass is 344 g/mol. The normalized spacial score (nSPS) is 10.7. The molecule has 1 heterocycles. The van der Waals surface area contributed by atoms with E-state index in [4.69, 9.17) is 4.74 Å². The fourth-order valence-electron chi connectivity index (χ4n) is 1.75. The van der Waals surface area contributed by atoms with Crippen LogP contribution in [0.3, 0.4) is 0 Å². The molecule has 0 saturated carbocycles. The van der Waals surface area contributed by atoms with E-state index in [-0.39, 0.29) is 28.2 Å². The van der Waals surface area contributed by atoms with Gasteiger partial charge in [-0.2, -0.15) is 0 Å². The Morgan fingerprint density at radius 2 is 2.00 bits per heavy atom. The molecule has 0 amide bonds. The lowest BCUT2D eigenvalue weighted by atomic mass is 10.2. The second-order valence-electron chi connectivity index (χ2n) is 4.02. The van der Waals surface area contributed by atoms with Crippen LogP contribution in [0, 0.1) is 18.6 Å². The summed E-state index contributed by atoms with van der Waals surface area (Å²) in [6.07, 6.45) is 0. The first-order valence-electron chi connectivity index (χ1n) is 5.82. The van der Waals surface area contributed by atoms with E-state index in [9.17, 15) is 13.6 Å². The highest BCUT2D eigenvalue weighted by atomic mass is 79.9. The molecule has 20 heavy (non-hydrogen) atoms. The van der Waals surface area contributed by atoms with Crippen LogP contribution >= 0.6 is 15.9 Å². The Balaban J connectivity index is 2.50. The number of ether oxygens (including phenoxy) is 1. The Kier molecular flexibility index (Phi) is 4.17. The van der Waals surface area contributed by atoms with Crippen LogP contribution in [0.1, 0.15) is 23.1 Å². The van der Waals surface area contributed by atoms with Gasteiger partial charge in [-0.05, 0) is 26.0 Å². The van der Waals surface area contributed by atoms with Crippen LogP contribution in [0.2, 0.25) is 0 Å². The first-order valence-corrected chi connectivity index (χ1v) is 6.62. The highest BCUT2D eigenvalue weighted by Gasteiger charge is 2.21. The van der Waals surface area contributed by atoms with Gasteiger partial charge in [-0.25, -0.2) is 18.6 Å². The highest BCUT2D eigenvalue weighted by molar-refractivity contribution is 9.10. The molecule has 1 N–H and O–H groups in total. The third-order valence-electron chi connectivity index (χ3n) is 2.60. The molecule has 1 aromatic heterocycles. The molecule has 2 aromatic rings. The summed E-state index contributed by atoms with van der Waals surface area (Å²) in [5, 5.41) is 0. The summed E-state index contributed by atoms with van der Waals surface area (Å²) < 4.78 is 32.8. The molecule has 0 fully saturated rings. The lowest BCUT2D eigenvalue weighted by Crippen LogP contribution is -2.06. The third-order valence-corrected chi connectivity index (χ3v) is 3.06. The van der Waals surface area contributed by atoms with E-state index in [1.54, 1.807) is 13.8 Å². The van der Waals surface area contributed by atoms with Crippen molar-refractivity contribution in [3.8, 4) is 11.4 Å². The molecule has 0 radical (unpaired) electrons. The van der Waals surface area contributed by atoms with Crippen LogP contribution in [0.15, 0.2) is 16.6 Å². The largest absolute Gasteiger partial charge is 0.461 e. The van der Waals surface area contributed by atoms with E-state index >= 15 is 0 Å². The maximum atomic E-state index is 13.8. The number of nitrogens with zero attached hydrogens (tertiary/aromatic N) is 1. The minimum Gasteiger partial charge on any atom is -0.461 e. The van der Waals surface area contributed by atoms with E-state index in [1.165, 1.54) is 0 Å². The summed E-state index contributed by atoms with van der Waals surface area (Å²) in [7, 11) is 0. The fourth-order valence-corrected chi connectivity index (χ4v) is 2.15. The number of benzene rings is 1. The molecule has 2 rings (SSSR count). The number of rotatable bonds is 3. The van der Waals surface area contributed by atoms with Crippen LogP contribution in [-0.4, -0.2) is 22.5 Å². The van der Waals surface area contributed by atoms with Crippen LogP contribution in [-0.2, 0) is 4.74 Å². The number of esters is 1. The Morgan fingerprint density at radius 1 is 1.40 bits per heavy atom. The van der Waals surface area contributed by atoms with Crippen molar-refractivity contribution in [1.29, 1.82) is 0 Å². The highest BCUT2D eigenvalue weighted by Crippen LogP contribution is 2.28. The zero-order valence-electron chi connectivity index (χ0n) is 10.8. The molecule has 0 spiro atoms. The average molecular weight is 345 g/mol. The van der Waals surface area contributed by atoms with Gasteiger partial charge in [0.05, 0.1) is 12.2 Å². The van der Waals surface area contributed by atoms with Gasteiger partial charge in [0.1, 0.15) is 17.5 Å². The fraction of sp³-hybridized carbons (Fsp3) is 0.231. The number of carbonyl (C=O) groups excluding carboxylic acids is 1. The number of aryl methyl sites for hydroxylation is 1. The van der Waals surface area contributed by atoms with Gasteiger partial charge in [0, 0.05) is 10.2 Å². The molecule has 0 unspecified atom stereocenters. The molecule has 0 aliphatic heterocycles. The second kappa shape index (κ2) is 5.70. The molecule has 7 heteroatoms. The zero-order valence-corrected chi connectivity index (χ0v) is 12.3. The standard InChI is InChI=1S/C13H11BrF2N2O2/c1-3-20-13(19)11-6(2)17-12(18-11)10-8(15)4-7(14)5-9(10)16/h4-5H,3H2,1-2H3,(H,17,18). The van der Waals surface area contributed by atoms with Gasteiger partial charge in [0.2, 0.25) is 0 Å². The van der Waals surface area contributed by atoms with Crippen LogP contribution in [0.25, 0.3) is 11.4 Å². The van der Waals surface area contributed by atoms with Crippen LogP contribution in [0.4, 0.5) is 8.78 Å². The third kappa shape index (κ3) is 2.72. The van der Waals surface area contributed by atoms with Gasteiger partial charge in [0.15, 0.2) is 5.69 Å². The maximum Gasteiger partial charge on any atom is 0.358 e. The van der Waals surface area contributed by atoms with E-state index in [0.717, 1.165) is 12.1 Å². The summed E-state index contributed by atoms with van der Waals surface area (Å²) >= 11 is 3.00. The van der Waals surface area contributed by atoms with Crippen LogP contribution in [0.5, 0.6) is 0 Å². The van der Waals surface area contributed by atoms with Gasteiger partial charge in [-0.15, -0.1) is 0 Å². The predicted octanol–water partition coefficient (Wildman–Crippen LogP) is 3.60. The van der Waals surface area contributed by atoms with Gasteiger partial charge in [0.25, 0.3) is 0 Å². The molecule has 0 aliphatic carbocycles. The van der Waals surface area contributed by atoms with E-state index in [0.29, 0.717) is 5.69 Å². The second-order valence-corrected chi connectivity index (χ2v) is 4.94. The van der Waals surface area contributed by atoms with Gasteiger partial charge >= 0.3 is 5.97 Å². The summed E-state index contributed by atoms with van der Waals surface area (Å²) in [5.74, 6) is -2.24. The van der Waals surface area contributed by atoms with Crippen molar-refractivity contribution >= 4 is 21.9 Å². The van der Waals surface area contributed by atoms with Gasteiger partial charge in [-0.1, -0.05) is 15.9 Å². The van der Waals surface area contributed by atoms with Crippen molar-refractivity contribution in [2.45, 2.75) is 13.8 Å². The Bertz CT molecular complexity index is 647. The molecule has 0 saturated heterocycles. The minimum absolute atomic E-state index is 0.0172. The van der Waals surface area contributed by atoms with Crippen LogP contribution < -0.4 is 0 Å². The number of halogens is 3. The Hall–Kier alpha value is -1.76. The average Bonchev–Trinajstić information content (AvgIpc) is 2.70. The molecule has 1 aromatic carbocycles. The topological polar surface area (TPSA) is 55.0 Å². The number of imidazole rings is 1. The van der Waals surface area contributed by atoms with Gasteiger partial charge in [-0.3, -0.25) is 0 Å². The summed E-state index contributed by atoms with van der Waals surface area (Å²) in [5.41, 5.74) is 0.0931. The van der Waals surface area contributed by atoms with Gasteiger partial charge < -0.3 is 9.72 Å². The number of nitrogens with one attached hydrogen (secondary N) is 1. The number of H-pyrrole nitrogens is 1. The number of hydrogen-bond acceptors (Lipinski definition) is 3. The smallest absolute Gasteiger partial charge is 0.358 e. The molecular weight excluding hydrogens is 334 g/mol. The van der Waals surface area contributed by atoms with E-state index in [1.807, 2.05) is 0 Å². The lowest BCUT2D eigenvalue weighted by molar-refractivity contribution is 0.0519. The summed E-state index contributed by atoms with van der Waals surface area (Å²) in [6.45, 7) is 3.44. The molecule has 0 atom stereocenters. The Morgan fingerprint density at radius 3 is 2.55 bits per heavy atom. The molecule has 0 aliphatic rings. The molecule has 106 valence electrons.